The average molecular weight is 340 g/mol. The molecule has 1 aromatic carbocycles. The number of carbonyl (C=O) groups excluding carboxylic acids is 1. The summed E-state index contributed by atoms with van der Waals surface area (Å²) in [6, 6.07) is 3.49. The molecular formula is C17H22F2N2O3. The number of benzene rings is 1. The summed E-state index contributed by atoms with van der Waals surface area (Å²) < 4.78 is 38.8. The zero-order valence-corrected chi connectivity index (χ0v) is 13.7. The van der Waals surface area contributed by atoms with E-state index in [-0.39, 0.29) is 18.1 Å². The van der Waals surface area contributed by atoms with Crippen LogP contribution in [0.15, 0.2) is 18.2 Å². The van der Waals surface area contributed by atoms with E-state index in [0.29, 0.717) is 39.0 Å². The highest BCUT2D eigenvalue weighted by molar-refractivity contribution is 5.74. The fraction of sp³-hybridized carbons (Fsp3) is 0.588. The van der Waals surface area contributed by atoms with Crippen molar-refractivity contribution in [3.8, 4) is 0 Å². The van der Waals surface area contributed by atoms with Gasteiger partial charge in [0.1, 0.15) is 11.6 Å². The second-order valence-corrected chi connectivity index (χ2v) is 6.57. The molecule has 132 valence electrons. The zero-order chi connectivity index (χ0) is 17.2. The number of ether oxygens (including phenoxy) is 2. The Labute approximate surface area is 139 Å². The van der Waals surface area contributed by atoms with Gasteiger partial charge in [-0.25, -0.2) is 13.6 Å². The number of carbonyl (C=O) groups is 1. The third-order valence-electron chi connectivity index (χ3n) is 4.70. The SMILES string of the molecule is CC1(CCNC(=O)NCC2(c3c(F)cccc3F)CC2)OCCO1. The molecule has 1 heterocycles. The second-order valence-electron chi connectivity index (χ2n) is 6.57. The van der Waals surface area contributed by atoms with Crippen LogP contribution in [-0.4, -0.2) is 38.1 Å². The van der Waals surface area contributed by atoms with Gasteiger partial charge < -0.3 is 20.1 Å². The number of rotatable bonds is 6. The number of halogens is 2. The van der Waals surface area contributed by atoms with Crippen LogP contribution in [0.1, 0.15) is 31.7 Å². The minimum absolute atomic E-state index is 0.0746. The third-order valence-corrected chi connectivity index (χ3v) is 4.70. The van der Waals surface area contributed by atoms with Crippen LogP contribution in [0.5, 0.6) is 0 Å². The van der Waals surface area contributed by atoms with E-state index in [1.807, 2.05) is 6.92 Å². The van der Waals surface area contributed by atoms with Crippen LogP contribution in [0, 0.1) is 11.6 Å². The maximum Gasteiger partial charge on any atom is 0.314 e. The molecule has 1 aromatic rings. The number of hydrogen-bond acceptors (Lipinski definition) is 3. The lowest BCUT2D eigenvalue weighted by atomic mass is 9.94. The van der Waals surface area contributed by atoms with Gasteiger partial charge in [-0.1, -0.05) is 6.07 Å². The Hall–Kier alpha value is -1.73. The minimum atomic E-state index is -0.651. The van der Waals surface area contributed by atoms with Crippen molar-refractivity contribution in [1.82, 2.24) is 10.6 Å². The Morgan fingerprint density at radius 2 is 1.79 bits per heavy atom. The monoisotopic (exact) mass is 340 g/mol. The van der Waals surface area contributed by atoms with Gasteiger partial charge in [0.15, 0.2) is 5.79 Å². The number of nitrogens with one attached hydrogen (secondary N) is 2. The Balaban J connectivity index is 1.48. The van der Waals surface area contributed by atoms with Crippen molar-refractivity contribution in [2.24, 2.45) is 0 Å². The smallest absolute Gasteiger partial charge is 0.314 e. The van der Waals surface area contributed by atoms with E-state index in [1.54, 1.807) is 0 Å². The highest BCUT2D eigenvalue weighted by Crippen LogP contribution is 2.49. The third kappa shape index (κ3) is 3.67. The molecule has 0 radical (unpaired) electrons. The quantitative estimate of drug-likeness (QED) is 0.836. The molecule has 1 saturated carbocycles. The van der Waals surface area contributed by atoms with Gasteiger partial charge in [0.05, 0.1) is 13.2 Å². The van der Waals surface area contributed by atoms with Crippen molar-refractivity contribution in [2.45, 2.75) is 37.4 Å². The maximum absolute atomic E-state index is 13.9. The van der Waals surface area contributed by atoms with Gasteiger partial charge in [-0.2, -0.15) is 0 Å². The molecule has 0 aromatic heterocycles. The highest BCUT2D eigenvalue weighted by Gasteiger charge is 2.48. The summed E-state index contributed by atoms with van der Waals surface area (Å²) in [7, 11) is 0. The minimum Gasteiger partial charge on any atom is -0.348 e. The summed E-state index contributed by atoms with van der Waals surface area (Å²) in [6.45, 7) is 3.54. The first-order chi connectivity index (χ1) is 11.4. The van der Waals surface area contributed by atoms with E-state index in [0.717, 1.165) is 0 Å². The van der Waals surface area contributed by atoms with Gasteiger partial charge in [0.2, 0.25) is 0 Å². The first-order valence-electron chi connectivity index (χ1n) is 8.18. The van der Waals surface area contributed by atoms with Crippen LogP contribution in [0.3, 0.4) is 0 Å². The standard InChI is InChI=1S/C17H22F2N2O3/c1-16(23-9-10-24-16)7-8-20-15(22)21-11-17(5-6-17)14-12(18)3-2-4-13(14)19/h2-4H,5-11H2,1H3,(H2,20,21,22). The Morgan fingerprint density at radius 1 is 1.17 bits per heavy atom. The molecular weight excluding hydrogens is 318 g/mol. The topological polar surface area (TPSA) is 59.6 Å². The van der Waals surface area contributed by atoms with Crippen molar-refractivity contribution < 1.29 is 23.0 Å². The average Bonchev–Trinajstić information content (AvgIpc) is 3.19. The lowest BCUT2D eigenvalue weighted by Crippen LogP contribution is -2.42. The summed E-state index contributed by atoms with van der Waals surface area (Å²) >= 11 is 0. The molecule has 2 aliphatic rings. The van der Waals surface area contributed by atoms with E-state index in [2.05, 4.69) is 10.6 Å². The van der Waals surface area contributed by atoms with E-state index >= 15 is 0 Å². The highest BCUT2D eigenvalue weighted by atomic mass is 19.1. The second kappa shape index (κ2) is 6.64. The summed E-state index contributed by atoms with van der Waals surface area (Å²) in [5.41, 5.74) is -0.554. The van der Waals surface area contributed by atoms with Gasteiger partial charge in [-0.15, -0.1) is 0 Å². The van der Waals surface area contributed by atoms with E-state index in [4.69, 9.17) is 9.47 Å². The molecule has 1 aliphatic carbocycles. The molecule has 0 unspecified atom stereocenters. The molecule has 3 rings (SSSR count). The van der Waals surface area contributed by atoms with E-state index in [1.165, 1.54) is 18.2 Å². The van der Waals surface area contributed by atoms with Gasteiger partial charge in [-0.3, -0.25) is 0 Å². The molecule has 0 bridgehead atoms. The summed E-state index contributed by atoms with van der Waals surface area (Å²) in [5.74, 6) is -1.77. The summed E-state index contributed by atoms with van der Waals surface area (Å²) in [5, 5.41) is 5.43. The molecule has 0 spiro atoms. The predicted octanol–water partition coefficient (Wildman–Crippen LogP) is 2.45. The first-order valence-corrected chi connectivity index (χ1v) is 8.18. The molecule has 2 amide bonds. The van der Waals surface area contributed by atoms with Crippen molar-refractivity contribution in [2.75, 3.05) is 26.3 Å². The van der Waals surface area contributed by atoms with Crippen LogP contribution in [0.4, 0.5) is 13.6 Å². The van der Waals surface area contributed by atoms with E-state index < -0.39 is 22.8 Å². The lowest BCUT2D eigenvalue weighted by Gasteiger charge is -2.22. The summed E-state index contributed by atoms with van der Waals surface area (Å²) in [6.07, 6.45) is 1.85. The Bertz CT molecular complexity index is 594. The normalized spacial score (nSPS) is 20.6. The van der Waals surface area contributed by atoms with Crippen molar-refractivity contribution in [3.63, 3.8) is 0 Å². The molecule has 1 saturated heterocycles. The van der Waals surface area contributed by atoms with Crippen molar-refractivity contribution in [1.29, 1.82) is 0 Å². The van der Waals surface area contributed by atoms with Gasteiger partial charge >= 0.3 is 6.03 Å². The fourth-order valence-corrected chi connectivity index (χ4v) is 3.09. The molecule has 2 fully saturated rings. The van der Waals surface area contributed by atoms with Crippen LogP contribution in [0.2, 0.25) is 0 Å². The Morgan fingerprint density at radius 3 is 2.38 bits per heavy atom. The van der Waals surface area contributed by atoms with Crippen molar-refractivity contribution in [3.05, 3.63) is 35.4 Å². The molecule has 7 heteroatoms. The summed E-state index contributed by atoms with van der Waals surface area (Å²) in [4.78, 5) is 11.9. The molecule has 5 nitrogen and oxygen atoms in total. The largest absolute Gasteiger partial charge is 0.348 e. The van der Waals surface area contributed by atoms with Crippen LogP contribution in [-0.2, 0) is 14.9 Å². The van der Waals surface area contributed by atoms with Crippen LogP contribution < -0.4 is 10.6 Å². The van der Waals surface area contributed by atoms with Gasteiger partial charge in [0.25, 0.3) is 0 Å². The Kier molecular flexibility index (Phi) is 4.73. The fourth-order valence-electron chi connectivity index (χ4n) is 3.09. The number of urea groups is 1. The lowest BCUT2D eigenvalue weighted by molar-refractivity contribution is -0.145. The predicted molar refractivity (Wildman–Crippen MR) is 83.6 cm³/mol. The number of amides is 2. The molecule has 24 heavy (non-hydrogen) atoms. The molecule has 2 N–H and O–H groups in total. The van der Waals surface area contributed by atoms with Crippen LogP contribution >= 0.6 is 0 Å². The zero-order valence-electron chi connectivity index (χ0n) is 13.7. The van der Waals surface area contributed by atoms with Gasteiger partial charge in [0, 0.05) is 30.5 Å². The maximum atomic E-state index is 13.9. The number of hydrogen-bond donors (Lipinski definition) is 2. The van der Waals surface area contributed by atoms with Gasteiger partial charge in [-0.05, 0) is 31.9 Å². The molecule has 0 atom stereocenters. The van der Waals surface area contributed by atoms with Crippen molar-refractivity contribution >= 4 is 6.03 Å². The van der Waals surface area contributed by atoms with E-state index in [9.17, 15) is 13.6 Å². The molecule has 1 aliphatic heterocycles. The first kappa shape index (κ1) is 17.1. The van der Waals surface area contributed by atoms with Crippen LogP contribution in [0.25, 0.3) is 0 Å².